The van der Waals surface area contributed by atoms with E-state index in [1.54, 1.807) is 0 Å². The molecule has 0 aromatic heterocycles. The molecule has 1 unspecified atom stereocenters. The van der Waals surface area contributed by atoms with E-state index in [0.29, 0.717) is 11.8 Å². The second-order valence-corrected chi connectivity index (χ2v) is 4.39. The molecule has 2 aliphatic rings. The van der Waals surface area contributed by atoms with Gasteiger partial charge in [-0.05, 0) is 25.2 Å². The Bertz CT molecular complexity index is 201. The Morgan fingerprint density at radius 3 is 2.62 bits per heavy atom. The van der Waals surface area contributed by atoms with Crippen LogP contribution in [-0.4, -0.2) is 29.9 Å². The van der Waals surface area contributed by atoms with Gasteiger partial charge in [-0.25, -0.2) is 0 Å². The maximum absolute atomic E-state index is 11.7. The first kappa shape index (κ1) is 9.00. The maximum atomic E-state index is 11.7. The van der Waals surface area contributed by atoms with E-state index < -0.39 is 0 Å². The molecule has 1 heterocycles. The Morgan fingerprint density at radius 1 is 1.38 bits per heavy atom. The van der Waals surface area contributed by atoms with E-state index in [4.69, 9.17) is 5.73 Å². The standard InChI is InChI=1S/C10H18N2O/c11-9-4-5-12(7-9)10(13)6-8-2-1-3-8/h8-9H,1-7,11H2. The normalized spacial score (nSPS) is 29.0. The minimum atomic E-state index is 0.227. The predicted octanol–water partition coefficient (Wildman–Crippen LogP) is 0.736. The molecule has 0 spiro atoms. The molecule has 3 nitrogen and oxygen atoms in total. The van der Waals surface area contributed by atoms with Gasteiger partial charge in [-0.1, -0.05) is 6.42 Å². The molecule has 0 aromatic carbocycles. The summed E-state index contributed by atoms with van der Waals surface area (Å²) >= 11 is 0. The fourth-order valence-corrected chi connectivity index (χ4v) is 2.09. The van der Waals surface area contributed by atoms with Crippen molar-refractivity contribution in [2.45, 2.75) is 38.1 Å². The Morgan fingerprint density at radius 2 is 2.15 bits per heavy atom. The van der Waals surface area contributed by atoms with Crippen LogP contribution in [0.15, 0.2) is 0 Å². The molecule has 1 saturated carbocycles. The largest absolute Gasteiger partial charge is 0.341 e. The van der Waals surface area contributed by atoms with Gasteiger partial charge in [0.1, 0.15) is 0 Å². The number of carbonyl (C=O) groups is 1. The highest BCUT2D eigenvalue weighted by Gasteiger charge is 2.27. The van der Waals surface area contributed by atoms with Gasteiger partial charge in [0.25, 0.3) is 0 Å². The van der Waals surface area contributed by atoms with Crippen LogP contribution in [0.3, 0.4) is 0 Å². The molecule has 3 heteroatoms. The predicted molar refractivity (Wildman–Crippen MR) is 51.1 cm³/mol. The quantitative estimate of drug-likeness (QED) is 0.684. The summed E-state index contributed by atoms with van der Waals surface area (Å²) in [5.74, 6) is 1.02. The lowest BCUT2D eigenvalue weighted by Gasteiger charge is -2.26. The summed E-state index contributed by atoms with van der Waals surface area (Å²) < 4.78 is 0. The van der Waals surface area contributed by atoms with Crippen molar-refractivity contribution in [3.63, 3.8) is 0 Å². The minimum absolute atomic E-state index is 0.227. The molecule has 74 valence electrons. The third kappa shape index (κ3) is 2.02. The van der Waals surface area contributed by atoms with E-state index in [-0.39, 0.29) is 6.04 Å². The molecular weight excluding hydrogens is 164 g/mol. The lowest BCUT2D eigenvalue weighted by molar-refractivity contribution is -0.131. The molecule has 2 rings (SSSR count). The van der Waals surface area contributed by atoms with Gasteiger partial charge in [0.15, 0.2) is 0 Å². The van der Waals surface area contributed by atoms with Crippen molar-refractivity contribution in [3.8, 4) is 0 Å². The molecular formula is C10H18N2O. The molecule has 0 bridgehead atoms. The van der Waals surface area contributed by atoms with Crippen LogP contribution in [0.25, 0.3) is 0 Å². The zero-order valence-electron chi connectivity index (χ0n) is 8.04. The van der Waals surface area contributed by atoms with Gasteiger partial charge in [-0.2, -0.15) is 0 Å². The van der Waals surface area contributed by atoms with Crippen LogP contribution in [0.5, 0.6) is 0 Å². The highest BCUT2D eigenvalue weighted by molar-refractivity contribution is 5.76. The van der Waals surface area contributed by atoms with Crippen molar-refractivity contribution >= 4 is 5.91 Å². The third-order valence-electron chi connectivity index (χ3n) is 3.27. The Labute approximate surface area is 79.3 Å². The van der Waals surface area contributed by atoms with Crippen molar-refractivity contribution in [3.05, 3.63) is 0 Å². The van der Waals surface area contributed by atoms with Gasteiger partial charge in [0, 0.05) is 25.6 Å². The molecule has 1 amide bonds. The van der Waals surface area contributed by atoms with Gasteiger partial charge in [0.05, 0.1) is 0 Å². The topological polar surface area (TPSA) is 46.3 Å². The molecule has 13 heavy (non-hydrogen) atoms. The zero-order valence-corrected chi connectivity index (χ0v) is 8.04. The summed E-state index contributed by atoms with van der Waals surface area (Å²) in [6.07, 6.45) is 5.58. The smallest absolute Gasteiger partial charge is 0.222 e. The van der Waals surface area contributed by atoms with Gasteiger partial charge < -0.3 is 10.6 Å². The molecule has 2 fully saturated rings. The first-order valence-electron chi connectivity index (χ1n) is 5.29. The molecule has 1 aliphatic heterocycles. The number of likely N-dealkylation sites (tertiary alicyclic amines) is 1. The van der Waals surface area contributed by atoms with Gasteiger partial charge in [-0.3, -0.25) is 4.79 Å². The monoisotopic (exact) mass is 182 g/mol. The zero-order chi connectivity index (χ0) is 9.26. The second-order valence-electron chi connectivity index (χ2n) is 4.39. The first-order chi connectivity index (χ1) is 6.25. The van der Waals surface area contributed by atoms with Crippen LogP contribution in [0.1, 0.15) is 32.1 Å². The number of hydrogen-bond donors (Lipinski definition) is 1. The number of hydrogen-bond acceptors (Lipinski definition) is 2. The molecule has 1 atom stereocenters. The van der Waals surface area contributed by atoms with E-state index >= 15 is 0 Å². The highest BCUT2D eigenvalue weighted by Crippen LogP contribution is 2.30. The molecule has 1 aliphatic carbocycles. The first-order valence-corrected chi connectivity index (χ1v) is 5.29. The van der Waals surface area contributed by atoms with Crippen LogP contribution in [0, 0.1) is 5.92 Å². The third-order valence-corrected chi connectivity index (χ3v) is 3.27. The summed E-state index contributed by atoms with van der Waals surface area (Å²) in [6.45, 7) is 1.66. The van der Waals surface area contributed by atoms with Crippen molar-refractivity contribution < 1.29 is 4.79 Å². The number of carbonyl (C=O) groups excluding carboxylic acids is 1. The van der Waals surface area contributed by atoms with E-state index in [9.17, 15) is 4.79 Å². The second kappa shape index (κ2) is 3.66. The van der Waals surface area contributed by atoms with Gasteiger partial charge in [-0.15, -0.1) is 0 Å². The van der Waals surface area contributed by atoms with Crippen molar-refractivity contribution in [2.24, 2.45) is 11.7 Å². The molecule has 0 aromatic rings. The van der Waals surface area contributed by atoms with Crippen LogP contribution >= 0.6 is 0 Å². The highest BCUT2D eigenvalue weighted by atomic mass is 16.2. The van der Waals surface area contributed by atoms with Crippen LogP contribution < -0.4 is 5.73 Å². The average molecular weight is 182 g/mol. The molecule has 2 N–H and O–H groups in total. The van der Waals surface area contributed by atoms with Crippen molar-refractivity contribution in [1.29, 1.82) is 0 Å². The number of nitrogens with zero attached hydrogens (tertiary/aromatic N) is 1. The minimum Gasteiger partial charge on any atom is -0.341 e. The van der Waals surface area contributed by atoms with Crippen LogP contribution in [-0.2, 0) is 4.79 Å². The van der Waals surface area contributed by atoms with Gasteiger partial charge in [0.2, 0.25) is 5.91 Å². The fraction of sp³-hybridized carbons (Fsp3) is 0.900. The summed E-state index contributed by atoms with van der Waals surface area (Å²) in [5, 5.41) is 0. The lowest BCUT2D eigenvalue weighted by atomic mass is 9.83. The van der Waals surface area contributed by atoms with E-state index in [2.05, 4.69) is 0 Å². The molecule has 0 radical (unpaired) electrons. The lowest BCUT2D eigenvalue weighted by Crippen LogP contribution is -2.33. The number of amides is 1. The maximum Gasteiger partial charge on any atom is 0.222 e. The van der Waals surface area contributed by atoms with E-state index in [1.165, 1.54) is 19.3 Å². The Kier molecular flexibility index (Phi) is 2.54. The molecule has 1 saturated heterocycles. The van der Waals surface area contributed by atoms with Crippen LogP contribution in [0.2, 0.25) is 0 Å². The van der Waals surface area contributed by atoms with Crippen LogP contribution in [0.4, 0.5) is 0 Å². The SMILES string of the molecule is NC1CCN(C(=O)CC2CCC2)C1. The Balaban J connectivity index is 1.76. The summed E-state index contributed by atoms with van der Waals surface area (Å²) in [5.41, 5.74) is 5.75. The Hall–Kier alpha value is -0.570. The summed E-state index contributed by atoms with van der Waals surface area (Å²) in [6, 6.07) is 0.227. The average Bonchev–Trinajstić information content (AvgIpc) is 2.44. The van der Waals surface area contributed by atoms with Crippen molar-refractivity contribution in [1.82, 2.24) is 4.90 Å². The van der Waals surface area contributed by atoms with E-state index in [1.807, 2.05) is 4.90 Å². The number of rotatable bonds is 2. The van der Waals surface area contributed by atoms with E-state index in [0.717, 1.165) is 25.9 Å². The van der Waals surface area contributed by atoms with Crippen molar-refractivity contribution in [2.75, 3.05) is 13.1 Å². The summed E-state index contributed by atoms with van der Waals surface area (Å²) in [7, 11) is 0. The fourth-order valence-electron chi connectivity index (χ4n) is 2.09. The number of nitrogens with two attached hydrogens (primary N) is 1. The summed E-state index contributed by atoms with van der Waals surface area (Å²) in [4.78, 5) is 13.6. The van der Waals surface area contributed by atoms with Gasteiger partial charge >= 0.3 is 0 Å².